The summed E-state index contributed by atoms with van der Waals surface area (Å²) in [5.41, 5.74) is 4.92. The lowest BCUT2D eigenvalue weighted by Crippen LogP contribution is -2.10. The van der Waals surface area contributed by atoms with Crippen molar-refractivity contribution < 1.29 is 9.53 Å². The van der Waals surface area contributed by atoms with E-state index in [1.54, 1.807) is 24.3 Å². The van der Waals surface area contributed by atoms with Crippen molar-refractivity contribution in [3.63, 3.8) is 0 Å². The molecular weight excluding hydrogens is 453 g/mol. The lowest BCUT2D eigenvalue weighted by molar-refractivity contribution is 0.0737. The standard InChI is InChI=1S/C28H17Cl2NO2/c29-23-10-6-12-26(27(23)30)33-28(32)22-17-25(31-24-11-5-4-9-21(22)24)20-15-13-19(14-16-20)18-7-2-1-3-8-18/h1-17H. The zero-order chi connectivity index (χ0) is 22.8. The van der Waals surface area contributed by atoms with Gasteiger partial charge in [0.2, 0.25) is 0 Å². The van der Waals surface area contributed by atoms with Crippen LogP contribution in [0.3, 0.4) is 0 Å². The molecule has 0 aliphatic heterocycles. The fourth-order valence-electron chi connectivity index (χ4n) is 3.67. The van der Waals surface area contributed by atoms with Gasteiger partial charge in [-0.3, -0.25) is 0 Å². The minimum atomic E-state index is -0.528. The van der Waals surface area contributed by atoms with Crippen LogP contribution >= 0.6 is 23.2 Å². The Labute approximate surface area is 201 Å². The molecule has 0 saturated carbocycles. The number of nitrogens with zero attached hydrogens (tertiary/aromatic N) is 1. The molecule has 1 heterocycles. The number of pyridine rings is 1. The monoisotopic (exact) mass is 469 g/mol. The van der Waals surface area contributed by atoms with Crippen molar-refractivity contribution >= 4 is 40.1 Å². The van der Waals surface area contributed by atoms with Crippen LogP contribution in [0.25, 0.3) is 33.3 Å². The van der Waals surface area contributed by atoms with Gasteiger partial charge in [-0.25, -0.2) is 9.78 Å². The van der Waals surface area contributed by atoms with Gasteiger partial charge in [0.15, 0.2) is 5.75 Å². The predicted molar refractivity (Wildman–Crippen MR) is 134 cm³/mol. The van der Waals surface area contributed by atoms with E-state index in [0.717, 1.165) is 16.7 Å². The highest BCUT2D eigenvalue weighted by molar-refractivity contribution is 6.43. The van der Waals surface area contributed by atoms with Gasteiger partial charge in [0.1, 0.15) is 5.02 Å². The van der Waals surface area contributed by atoms with E-state index in [1.165, 1.54) is 0 Å². The Morgan fingerprint density at radius 3 is 2.15 bits per heavy atom. The molecule has 3 nitrogen and oxygen atoms in total. The van der Waals surface area contributed by atoms with E-state index in [-0.39, 0.29) is 10.8 Å². The van der Waals surface area contributed by atoms with E-state index >= 15 is 0 Å². The highest BCUT2D eigenvalue weighted by Crippen LogP contribution is 2.33. The molecule has 5 aromatic rings. The Hall–Kier alpha value is -3.66. The molecular formula is C28H17Cl2NO2. The van der Waals surface area contributed by atoms with Crippen LogP contribution in [-0.2, 0) is 0 Å². The first-order valence-electron chi connectivity index (χ1n) is 10.3. The summed E-state index contributed by atoms with van der Waals surface area (Å²) in [6.45, 7) is 0. The number of esters is 1. The average molecular weight is 470 g/mol. The molecule has 0 spiro atoms. The zero-order valence-corrected chi connectivity index (χ0v) is 18.8. The molecule has 0 bridgehead atoms. The smallest absolute Gasteiger partial charge is 0.344 e. The van der Waals surface area contributed by atoms with E-state index < -0.39 is 5.97 Å². The minimum absolute atomic E-state index is 0.197. The van der Waals surface area contributed by atoms with Gasteiger partial charge in [0, 0.05) is 10.9 Å². The van der Waals surface area contributed by atoms with Crippen molar-refractivity contribution in [3.8, 4) is 28.1 Å². The first-order valence-corrected chi connectivity index (χ1v) is 11.1. The molecule has 4 aromatic carbocycles. The number of carbonyl (C=O) groups excluding carboxylic acids is 1. The SMILES string of the molecule is O=C(Oc1cccc(Cl)c1Cl)c1cc(-c2ccc(-c3ccccc3)cc2)nc2ccccc12. The van der Waals surface area contributed by atoms with E-state index in [9.17, 15) is 4.79 Å². The van der Waals surface area contributed by atoms with Crippen LogP contribution < -0.4 is 4.74 Å². The zero-order valence-electron chi connectivity index (χ0n) is 17.3. The van der Waals surface area contributed by atoms with Gasteiger partial charge in [-0.2, -0.15) is 0 Å². The molecule has 0 saturated heterocycles. The number of hydrogen-bond acceptors (Lipinski definition) is 3. The summed E-state index contributed by atoms with van der Waals surface area (Å²) in [6.07, 6.45) is 0. The first-order chi connectivity index (χ1) is 16.1. The van der Waals surface area contributed by atoms with E-state index in [4.69, 9.17) is 32.9 Å². The number of fused-ring (bicyclic) bond motifs is 1. The van der Waals surface area contributed by atoms with Crippen molar-refractivity contribution in [2.75, 3.05) is 0 Å². The fourth-order valence-corrected chi connectivity index (χ4v) is 4.00. The quantitative estimate of drug-likeness (QED) is 0.197. The predicted octanol–water partition coefficient (Wildman–Crippen LogP) is 8.09. The normalized spacial score (nSPS) is 10.8. The molecule has 5 heteroatoms. The molecule has 0 aliphatic rings. The molecule has 0 radical (unpaired) electrons. The van der Waals surface area contributed by atoms with E-state index in [2.05, 4.69) is 12.1 Å². The van der Waals surface area contributed by atoms with Gasteiger partial charge in [-0.1, -0.05) is 102 Å². The largest absolute Gasteiger partial charge is 0.421 e. The van der Waals surface area contributed by atoms with Crippen molar-refractivity contribution in [2.45, 2.75) is 0 Å². The Bertz CT molecular complexity index is 1470. The van der Waals surface area contributed by atoms with Crippen LogP contribution in [0.4, 0.5) is 0 Å². The topological polar surface area (TPSA) is 39.2 Å². The lowest BCUT2D eigenvalue weighted by atomic mass is 10.0. The van der Waals surface area contributed by atoms with Crippen LogP contribution in [0.5, 0.6) is 5.75 Å². The Kier molecular flexibility index (Phi) is 5.82. The fraction of sp³-hybridized carbons (Fsp3) is 0. The molecule has 0 N–H and O–H groups in total. The molecule has 33 heavy (non-hydrogen) atoms. The molecule has 0 amide bonds. The number of rotatable bonds is 4. The van der Waals surface area contributed by atoms with Gasteiger partial charge >= 0.3 is 5.97 Å². The van der Waals surface area contributed by atoms with Gasteiger partial charge in [0.05, 0.1) is 21.8 Å². The van der Waals surface area contributed by atoms with E-state index in [1.807, 2.05) is 66.7 Å². The average Bonchev–Trinajstić information content (AvgIpc) is 2.86. The number of benzene rings is 4. The molecule has 0 atom stereocenters. The van der Waals surface area contributed by atoms with Crippen LogP contribution in [0.15, 0.2) is 103 Å². The van der Waals surface area contributed by atoms with Crippen LogP contribution in [0.2, 0.25) is 10.0 Å². The summed E-state index contributed by atoms with van der Waals surface area (Å²) in [5, 5.41) is 1.22. The van der Waals surface area contributed by atoms with Crippen molar-refractivity contribution in [1.82, 2.24) is 4.98 Å². The third-order valence-electron chi connectivity index (χ3n) is 5.34. The number of hydrogen-bond donors (Lipinski definition) is 0. The molecule has 0 unspecified atom stereocenters. The third-order valence-corrected chi connectivity index (χ3v) is 6.14. The molecule has 160 valence electrons. The number of halogens is 2. The van der Waals surface area contributed by atoms with Crippen molar-refractivity contribution in [2.24, 2.45) is 0 Å². The lowest BCUT2D eigenvalue weighted by Gasteiger charge is -2.11. The highest BCUT2D eigenvalue weighted by Gasteiger charge is 2.18. The number of carbonyl (C=O) groups is 1. The maximum Gasteiger partial charge on any atom is 0.344 e. The number of ether oxygens (including phenoxy) is 1. The maximum atomic E-state index is 13.2. The van der Waals surface area contributed by atoms with Gasteiger partial charge in [-0.15, -0.1) is 0 Å². The third kappa shape index (κ3) is 4.34. The Morgan fingerprint density at radius 1 is 0.697 bits per heavy atom. The Morgan fingerprint density at radius 2 is 1.36 bits per heavy atom. The van der Waals surface area contributed by atoms with Crippen LogP contribution in [0, 0.1) is 0 Å². The van der Waals surface area contributed by atoms with Crippen LogP contribution in [0.1, 0.15) is 10.4 Å². The Balaban J connectivity index is 1.55. The molecule has 0 aliphatic carbocycles. The minimum Gasteiger partial charge on any atom is -0.421 e. The highest BCUT2D eigenvalue weighted by atomic mass is 35.5. The summed E-state index contributed by atoms with van der Waals surface area (Å²) in [5.74, 6) is -0.316. The van der Waals surface area contributed by atoms with E-state index in [0.29, 0.717) is 27.2 Å². The van der Waals surface area contributed by atoms with Crippen molar-refractivity contribution in [3.05, 3.63) is 119 Å². The molecule has 5 rings (SSSR count). The van der Waals surface area contributed by atoms with Crippen LogP contribution in [-0.4, -0.2) is 11.0 Å². The maximum absolute atomic E-state index is 13.2. The number of aromatic nitrogens is 1. The van der Waals surface area contributed by atoms with Gasteiger partial charge in [-0.05, 0) is 35.4 Å². The summed E-state index contributed by atoms with van der Waals surface area (Å²) >= 11 is 12.3. The summed E-state index contributed by atoms with van der Waals surface area (Å²) in [6, 6.07) is 32.4. The first kappa shape index (κ1) is 21.2. The van der Waals surface area contributed by atoms with Gasteiger partial charge in [0.25, 0.3) is 0 Å². The second-order valence-electron chi connectivity index (χ2n) is 7.46. The van der Waals surface area contributed by atoms with Crippen molar-refractivity contribution in [1.29, 1.82) is 0 Å². The summed E-state index contributed by atoms with van der Waals surface area (Å²) in [4.78, 5) is 17.9. The summed E-state index contributed by atoms with van der Waals surface area (Å²) in [7, 11) is 0. The summed E-state index contributed by atoms with van der Waals surface area (Å²) < 4.78 is 5.60. The second kappa shape index (κ2) is 9.07. The second-order valence-corrected chi connectivity index (χ2v) is 8.24. The van der Waals surface area contributed by atoms with Gasteiger partial charge < -0.3 is 4.74 Å². The number of para-hydroxylation sites is 1. The molecule has 1 aromatic heterocycles. The molecule has 0 fully saturated rings.